The maximum Gasteiger partial charge on any atom is 0.122 e. The minimum atomic E-state index is -0.482. The van der Waals surface area contributed by atoms with Gasteiger partial charge in [0.25, 0.3) is 0 Å². The minimum absolute atomic E-state index is 0.215. The second-order valence-corrected chi connectivity index (χ2v) is 6.03. The molecule has 124 valence electrons. The molecule has 2 N–H and O–H groups in total. The predicted octanol–water partition coefficient (Wildman–Crippen LogP) is 0.653. The Morgan fingerprint density at radius 2 is 1.82 bits per heavy atom. The highest BCUT2D eigenvalue weighted by Gasteiger charge is 2.19. The Balaban J connectivity index is 1.72. The molecule has 0 aliphatic carbocycles. The lowest BCUT2D eigenvalue weighted by molar-refractivity contribution is 0.0427. The van der Waals surface area contributed by atoms with Gasteiger partial charge >= 0.3 is 0 Å². The van der Waals surface area contributed by atoms with E-state index in [0.29, 0.717) is 13.2 Å². The fourth-order valence-corrected chi connectivity index (χ4v) is 2.75. The number of aryl methyl sites for hydroxylation is 1. The monoisotopic (exact) mass is 308 g/mol. The van der Waals surface area contributed by atoms with Gasteiger partial charge in [-0.1, -0.05) is 12.1 Å². The normalized spacial score (nSPS) is 18.4. The summed E-state index contributed by atoms with van der Waals surface area (Å²) < 4.78 is 5.76. The van der Waals surface area contributed by atoms with E-state index in [0.717, 1.165) is 44.0 Å². The van der Waals surface area contributed by atoms with Crippen molar-refractivity contribution in [1.82, 2.24) is 9.80 Å². The average Bonchev–Trinajstić information content (AvgIpc) is 2.51. The molecule has 0 aromatic heterocycles. The summed E-state index contributed by atoms with van der Waals surface area (Å²) in [5.74, 6) is 0.854. The molecule has 5 heteroatoms. The molecule has 0 amide bonds. The Bertz CT molecular complexity index is 459. The van der Waals surface area contributed by atoms with Crippen LogP contribution in [-0.4, -0.2) is 78.6 Å². The molecule has 1 heterocycles. The molecule has 1 fully saturated rings. The van der Waals surface area contributed by atoms with Crippen molar-refractivity contribution < 1.29 is 14.9 Å². The van der Waals surface area contributed by atoms with Gasteiger partial charge in [0.15, 0.2) is 0 Å². The summed E-state index contributed by atoms with van der Waals surface area (Å²) in [7, 11) is 0. The highest BCUT2D eigenvalue weighted by atomic mass is 16.5. The predicted molar refractivity (Wildman–Crippen MR) is 87.4 cm³/mol. The highest BCUT2D eigenvalue weighted by molar-refractivity contribution is 5.38. The zero-order valence-corrected chi connectivity index (χ0v) is 13.7. The SMILES string of the molecule is Cc1cccc(OC[C@@H](O)CN2CCN(CCO)CC2)c1C. The maximum absolute atomic E-state index is 10.2. The first-order chi connectivity index (χ1) is 10.6. The van der Waals surface area contributed by atoms with Gasteiger partial charge in [-0.2, -0.15) is 0 Å². The topological polar surface area (TPSA) is 56.2 Å². The summed E-state index contributed by atoms with van der Waals surface area (Å²) in [6.45, 7) is 9.77. The molecular formula is C17H28N2O3. The van der Waals surface area contributed by atoms with Crippen molar-refractivity contribution in [1.29, 1.82) is 0 Å². The van der Waals surface area contributed by atoms with Crippen LogP contribution in [0.4, 0.5) is 0 Å². The van der Waals surface area contributed by atoms with Crippen LogP contribution < -0.4 is 4.74 Å². The standard InChI is InChI=1S/C17H28N2O3/c1-14-4-3-5-17(15(14)2)22-13-16(21)12-19-8-6-18(7-9-19)10-11-20/h3-5,16,20-21H,6-13H2,1-2H3/t16-/m0/s1. The molecule has 0 bridgehead atoms. The number of aliphatic hydroxyl groups is 2. The second kappa shape index (κ2) is 8.48. The summed E-state index contributed by atoms with van der Waals surface area (Å²) in [5.41, 5.74) is 2.33. The summed E-state index contributed by atoms with van der Waals surface area (Å²) in [6, 6.07) is 5.98. The quantitative estimate of drug-likeness (QED) is 0.775. The molecule has 1 aromatic carbocycles. The molecule has 1 aliphatic heterocycles. The van der Waals surface area contributed by atoms with Crippen molar-refractivity contribution in [2.45, 2.75) is 20.0 Å². The van der Waals surface area contributed by atoms with Gasteiger partial charge in [0.05, 0.1) is 6.61 Å². The average molecular weight is 308 g/mol. The molecule has 1 saturated heterocycles. The minimum Gasteiger partial charge on any atom is -0.491 e. The number of hydrogen-bond donors (Lipinski definition) is 2. The summed E-state index contributed by atoms with van der Waals surface area (Å²) >= 11 is 0. The number of rotatable bonds is 7. The van der Waals surface area contributed by atoms with Crippen LogP contribution in [0.1, 0.15) is 11.1 Å². The van der Waals surface area contributed by atoms with Crippen molar-refractivity contribution >= 4 is 0 Å². The van der Waals surface area contributed by atoms with Crippen LogP contribution in [0.5, 0.6) is 5.75 Å². The lowest BCUT2D eigenvalue weighted by Gasteiger charge is -2.35. The summed E-state index contributed by atoms with van der Waals surface area (Å²) in [6.07, 6.45) is -0.482. The smallest absolute Gasteiger partial charge is 0.122 e. The van der Waals surface area contributed by atoms with Gasteiger partial charge in [-0.25, -0.2) is 0 Å². The Labute approximate surface area is 133 Å². The Morgan fingerprint density at radius 3 is 2.50 bits per heavy atom. The lowest BCUT2D eigenvalue weighted by atomic mass is 10.1. The van der Waals surface area contributed by atoms with Crippen molar-refractivity contribution in [3.63, 3.8) is 0 Å². The fraction of sp³-hybridized carbons (Fsp3) is 0.647. The van der Waals surface area contributed by atoms with E-state index < -0.39 is 6.10 Å². The van der Waals surface area contributed by atoms with E-state index in [1.807, 2.05) is 19.1 Å². The molecule has 1 aromatic rings. The molecule has 2 rings (SSSR count). The third-order valence-corrected chi connectivity index (χ3v) is 4.34. The van der Waals surface area contributed by atoms with Crippen LogP contribution in [0.25, 0.3) is 0 Å². The number of hydrogen-bond acceptors (Lipinski definition) is 5. The van der Waals surface area contributed by atoms with Gasteiger partial charge < -0.3 is 14.9 Å². The molecule has 5 nitrogen and oxygen atoms in total. The van der Waals surface area contributed by atoms with Crippen molar-refractivity contribution in [3.8, 4) is 5.75 Å². The highest BCUT2D eigenvalue weighted by Crippen LogP contribution is 2.20. The molecule has 1 aliphatic rings. The van der Waals surface area contributed by atoms with Gasteiger partial charge in [0.2, 0.25) is 0 Å². The molecular weight excluding hydrogens is 280 g/mol. The van der Waals surface area contributed by atoms with Gasteiger partial charge in [-0.15, -0.1) is 0 Å². The number of aliphatic hydroxyl groups excluding tert-OH is 2. The van der Waals surface area contributed by atoms with Gasteiger partial charge in [-0.3, -0.25) is 9.80 Å². The van der Waals surface area contributed by atoms with E-state index >= 15 is 0 Å². The Hall–Kier alpha value is -1.14. The van der Waals surface area contributed by atoms with Crippen molar-refractivity contribution in [3.05, 3.63) is 29.3 Å². The third-order valence-electron chi connectivity index (χ3n) is 4.34. The first-order valence-electron chi connectivity index (χ1n) is 8.03. The largest absolute Gasteiger partial charge is 0.491 e. The van der Waals surface area contributed by atoms with Gasteiger partial charge in [0.1, 0.15) is 18.5 Å². The van der Waals surface area contributed by atoms with Crippen LogP contribution in [0.15, 0.2) is 18.2 Å². The van der Waals surface area contributed by atoms with Crippen molar-refractivity contribution in [2.24, 2.45) is 0 Å². The van der Waals surface area contributed by atoms with E-state index in [4.69, 9.17) is 9.84 Å². The number of piperazine rings is 1. The van der Waals surface area contributed by atoms with Crippen LogP contribution in [0.2, 0.25) is 0 Å². The molecule has 0 unspecified atom stereocenters. The lowest BCUT2D eigenvalue weighted by Crippen LogP contribution is -2.49. The second-order valence-electron chi connectivity index (χ2n) is 6.03. The van der Waals surface area contributed by atoms with Crippen LogP contribution in [0.3, 0.4) is 0 Å². The molecule has 0 radical (unpaired) electrons. The first kappa shape index (κ1) is 17.2. The maximum atomic E-state index is 10.2. The van der Waals surface area contributed by atoms with E-state index in [1.165, 1.54) is 5.56 Å². The number of benzene rings is 1. The van der Waals surface area contributed by atoms with Gasteiger partial charge in [-0.05, 0) is 31.0 Å². The molecule has 0 spiro atoms. The van der Waals surface area contributed by atoms with Crippen molar-refractivity contribution in [2.75, 3.05) is 52.5 Å². The fourth-order valence-electron chi connectivity index (χ4n) is 2.75. The number of ether oxygens (including phenoxy) is 1. The number of β-amino-alcohol motifs (C(OH)–C–C–N with tert-alkyl or cyclic N) is 2. The van der Waals surface area contributed by atoms with E-state index in [2.05, 4.69) is 22.8 Å². The van der Waals surface area contributed by atoms with Crippen LogP contribution >= 0.6 is 0 Å². The molecule has 22 heavy (non-hydrogen) atoms. The van der Waals surface area contributed by atoms with E-state index in [9.17, 15) is 5.11 Å². The third kappa shape index (κ3) is 4.95. The molecule has 1 atom stereocenters. The zero-order chi connectivity index (χ0) is 15.9. The van der Waals surface area contributed by atoms with Crippen LogP contribution in [-0.2, 0) is 0 Å². The first-order valence-corrected chi connectivity index (χ1v) is 8.03. The van der Waals surface area contributed by atoms with Crippen LogP contribution in [0, 0.1) is 13.8 Å². The van der Waals surface area contributed by atoms with E-state index in [-0.39, 0.29) is 6.61 Å². The van der Waals surface area contributed by atoms with Gasteiger partial charge in [0, 0.05) is 39.3 Å². The summed E-state index contributed by atoms with van der Waals surface area (Å²) in [5, 5.41) is 19.1. The van der Waals surface area contributed by atoms with E-state index in [1.54, 1.807) is 0 Å². The summed E-state index contributed by atoms with van der Waals surface area (Å²) in [4.78, 5) is 4.50. The zero-order valence-electron chi connectivity index (χ0n) is 13.7. The Kier molecular flexibility index (Phi) is 6.64. The molecule has 0 saturated carbocycles. The number of nitrogens with zero attached hydrogens (tertiary/aromatic N) is 2. The Morgan fingerprint density at radius 1 is 1.14 bits per heavy atom.